The molecular formula is C18H28N2O5. The molecule has 1 rings (SSSR count). The fourth-order valence-corrected chi connectivity index (χ4v) is 1.93. The molecule has 1 aromatic rings. The van der Waals surface area contributed by atoms with E-state index in [4.69, 9.17) is 14.2 Å². The molecule has 0 aliphatic carbocycles. The molecule has 0 saturated heterocycles. The van der Waals surface area contributed by atoms with E-state index in [0.717, 1.165) is 11.1 Å². The van der Waals surface area contributed by atoms with Crippen LogP contribution in [-0.4, -0.2) is 43.8 Å². The Morgan fingerprint density at radius 2 is 1.68 bits per heavy atom. The molecule has 0 radical (unpaired) electrons. The van der Waals surface area contributed by atoms with Crippen molar-refractivity contribution in [2.45, 2.75) is 46.8 Å². The zero-order valence-electron chi connectivity index (χ0n) is 15.5. The maximum Gasteiger partial charge on any atom is 0.279 e. The van der Waals surface area contributed by atoms with Gasteiger partial charge >= 0.3 is 0 Å². The molecule has 0 aliphatic heterocycles. The first-order valence-corrected chi connectivity index (χ1v) is 8.38. The van der Waals surface area contributed by atoms with Crippen molar-refractivity contribution in [3.8, 4) is 5.75 Å². The first kappa shape index (κ1) is 20.9. The lowest BCUT2D eigenvalue weighted by Gasteiger charge is -2.18. The number of hydrogen-bond acceptors (Lipinski definition) is 5. The van der Waals surface area contributed by atoms with E-state index in [1.54, 1.807) is 19.9 Å². The van der Waals surface area contributed by atoms with Gasteiger partial charge in [-0.05, 0) is 51.8 Å². The minimum absolute atomic E-state index is 0.308. The molecule has 2 N–H and O–H groups in total. The molecule has 2 amide bonds. The number of hydrogen-bond donors (Lipinski definition) is 2. The Balaban J connectivity index is 2.39. The predicted molar refractivity (Wildman–Crippen MR) is 94.2 cm³/mol. The first-order chi connectivity index (χ1) is 11.9. The molecule has 140 valence electrons. The summed E-state index contributed by atoms with van der Waals surface area (Å²) in [7, 11) is 0. The van der Waals surface area contributed by atoms with E-state index in [0.29, 0.717) is 25.6 Å². The van der Waals surface area contributed by atoms with E-state index in [2.05, 4.69) is 10.9 Å². The van der Waals surface area contributed by atoms with Gasteiger partial charge in [0.05, 0.1) is 13.2 Å². The molecule has 2 atom stereocenters. The number of hydrazine groups is 1. The zero-order chi connectivity index (χ0) is 18.8. The molecule has 2 unspecified atom stereocenters. The summed E-state index contributed by atoms with van der Waals surface area (Å²) in [5.74, 6) is -0.249. The minimum Gasteiger partial charge on any atom is -0.481 e. The number of benzene rings is 1. The van der Waals surface area contributed by atoms with E-state index in [1.165, 1.54) is 0 Å². The molecule has 0 saturated carbocycles. The molecule has 0 spiro atoms. The normalized spacial score (nSPS) is 13.0. The third-order valence-corrected chi connectivity index (χ3v) is 3.71. The number of nitrogens with one attached hydrogen (secondary N) is 2. The topological polar surface area (TPSA) is 85.9 Å². The monoisotopic (exact) mass is 352 g/mol. The van der Waals surface area contributed by atoms with Crippen LogP contribution in [0.1, 0.15) is 31.9 Å². The molecule has 0 aliphatic rings. The number of ether oxygens (including phenoxy) is 3. The minimum atomic E-state index is -0.755. The third-order valence-electron chi connectivity index (χ3n) is 3.71. The quantitative estimate of drug-likeness (QED) is 0.521. The van der Waals surface area contributed by atoms with Crippen molar-refractivity contribution in [3.63, 3.8) is 0 Å². The van der Waals surface area contributed by atoms with E-state index >= 15 is 0 Å². The average molecular weight is 352 g/mol. The second-order valence-corrected chi connectivity index (χ2v) is 5.65. The average Bonchev–Trinajstić information content (AvgIpc) is 2.59. The van der Waals surface area contributed by atoms with E-state index in [9.17, 15) is 9.59 Å². The van der Waals surface area contributed by atoms with Gasteiger partial charge in [-0.1, -0.05) is 12.1 Å². The van der Waals surface area contributed by atoms with Crippen LogP contribution in [0.25, 0.3) is 0 Å². The lowest BCUT2D eigenvalue weighted by atomic mass is 10.1. The van der Waals surface area contributed by atoms with Crippen LogP contribution in [0, 0.1) is 13.8 Å². The predicted octanol–water partition coefficient (Wildman–Crippen LogP) is 1.66. The lowest BCUT2D eigenvalue weighted by molar-refractivity contribution is -0.138. The third kappa shape index (κ3) is 7.11. The van der Waals surface area contributed by atoms with Gasteiger partial charge in [0, 0.05) is 6.61 Å². The summed E-state index contributed by atoms with van der Waals surface area (Å²) < 4.78 is 16.1. The first-order valence-electron chi connectivity index (χ1n) is 8.38. The molecule has 0 bridgehead atoms. The van der Waals surface area contributed by atoms with Crippen molar-refractivity contribution >= 4 is 11.8 Å². The van der Waals surface area contributed by atoms with Gasteiger partial charge in [-0.3, -0.25) is 20.4 Å². The Kier molecular flexibility index (Phi) is 8.94. The molecule has 7 heteroatoms. The zero-order valence-corrected chi connectivity index (χ0v) is 15.5. The summed E-state index contributed by atoms with van der Waals surface area (Å²) in [5.41, 5.74) is 6.73. The molecule has 0 aromatic heterocycles. The number of amides is 2. The Morgan fingerprint density at radius 3 is 2.32 bits per heavy atom. The Labute approximate surface area is 149 Å². The summed E-state index contributed by atoms with van der Waals surface area (Å²) in [6.07, 6.45) is -1.45. The second kappa shape index (κ2) is 10.7. The number of aryl methyl sites for hydroxylation is 1. The van der Waals surface area contributed by atoms with Gasteiger partial charge in [0.2, 0.25) is 0 Å². The fraction of sp³-hybridized carbons (Fsp3) is 0.556. The van der Waals surface area contributed by atoms with Gasteiger partial charge in [-0.2, -0.15) is 0 Å². The Hall–Kier alpha value is -2.12. The molecular weight excluding hydrogens is 324 g/mol. The van der Waals surface area contributed by atoms with Gasteiger partial charge in [-0.15, -0.1) is 0 Å². The number of carbonyl (C=O) groups excluding carboxylic acids is 2. The van der Waals surface area contributed by atoms with Gasteiger partial charge in [0.25, 0.3) is 11.8 Å². The van der Waals surface area contributed by atoms with Crippen molar-refractivity contribution in [1.29, 1.82) is 0 Å². The number of carbonyl (C=O) groups is 2. The number of rotatable bonds is 9. The van der Waals surface area contributed by atoms with Crippen LogP contribution in [0.15, 0.2) is 18.2 Å². The van der Waals surface area contributed by atoms with Crippen molar-refractivity contribution in [3.05, 3.63) is 29.3 Å². The van der Waals surface area contributed by atoms with Crippen LogP contribution in [-0.2, 0) is 19.1 Å². The Bertz CT molecular complexity index is 577. The van der Waals surface area contributed by atoms with Gasteiger partial charge in [-0.25, -0.2) is 0 Å². The molecule has 1 aromatic carbocycles. The lowest BCUT2D eigenvalue weighted by Crippen LogP contribution is -2.50. The molecule has 0 fully saturated rings. The second-order valence-electron chi connectivity index (χ2n) is 5.65. The SMILES string of the molecule is CCOCCOC(C)C(=O)NNC(=O)C(C)Oc1cccc(C)c1C. The summed E-state index contributed by atoms with van der Waals surface area (Å²) in [6.45, 7) is 10.3. The van der Waals surface area contributed by atoms with Crippen LogP contribution in [0.3, 0.4) is 0 Å². The molecule has 7 nitrogen and oxygen atoms in total. The highest BCUT2D eigenvalue weighted by Gasteiger charge is 2.19. The smallest absolute Gasteiger partial charge is 0.279 e. The highest BCUT2D eigenvalue weighted by atomic mass is 16.5. The van der Waals surface area contributed by atoms with Gasteiger partial charge in [0.1, 0.15) is 11.9 Å². The summed E-state index contributed by atoms with van der Waals surface area (Å²) >= 11 is 0. The summed E-state index contributed by atoms with van der Waals surface area (Å²) in [6, 6.07) is 5.64. The van der Waals surface area contributed by atoms with Crippen LogP contribution < -0.4 is 15.6 Å². The van der Waals surface area contributed by atoms with E-state index in [1.807, 2.05) is 32.9 Å². The summed E-state index contributed by atoms with van der Waals surface area (Å²) in [5, 5.41) is 0. The largest absolute Gasteiger partial charge is 0.481 e. The van der Waals surface area contributed by atoms with Crippen LogP contribution in [0.4, 0.5) is 0 Å². The van der Waals surface area contributed by atoms with E-state index < -0.39 is 24.0 Å². The standard InChI is InChI=1S/C18H28N2O5/c1-6-23-10-11-24-14(4)17(21)19-20-18(22)15(5)25-16-9-7-8-12(2)13(16)3/h7-9,14-15H,6,10-11H2,1-5H3,(H,19,21)(H,20,22). The highest BCUT2D eigenvalue weighted by Crippen LogP contribution is 2.21. The van der Waals surface area contributed by atoms with Crippen molar-refractivity contribution < 1.29 is 23.8 Å². The van der Waals surface area contributed by atoms with Gasteiger partial charge < -0.3 is 14.2 Å². The maximum absolute atomic E-state index is 12.1. The van der Waals surface area contributed by atoms with Crippen molar-refractivity contribution in [2.75, 3.05) is 19.8 Å². The van der Waals surface area contributed by atoms with Gasteiger partial charge in [0.15, 0.2) is 6.10 Å². The van der Waals surface area contributed by atoms with Crippen LogP contribution in [0.2, 0.25) is 0 Å². The highest BCUT2D eigenvalue weighted by molar-refractivity contribution is 5.86. The fourth-order valence-electron chi connectivity index (χ4n) is 1.93. The van der Waals surface area contributed by atoms with E-state index in [-0.39, 0.29) is 0 Å². The van der Waals surface area contributed by atoms with Crippen LogP contribution in [0.5, 0.6) is 5.75 Å². The van der Waals surface area contributed by atoms with Crippen molar-refractivity contribution in [2.24, 2.45) is 0 Å². The molecule has 25 heavy (non-hydrogen) atoms. The Morgan fingerprint density at radius 1 is 1.04 bits per heavy atom. The molecule has 0 heterocycles. The summed E-state index contributed by atoms with van der Waals surface area (Å²) in [4.78, 5) is 23.9. The van der Waals surface area contributed by atoms with Crippen LogP contribution >= 0.6 is 0 Å². The van der Waals surface area contributed by atoms with Crippen molar-refractivity contribution in [1.82, 2.24) is 10.9 Å². The maximum atomic E-state index is 12.1.